The zero-order chi connectivity index (χ0) is 14.3. The van der Waals surface area contributed by atoms with Crippen molar-refractivity contribution in [1.82, 2.24) is 10.2 Å². The summed E-state index contributed by atoms with van der Waals surface area (Å²) in [5.41, 5.74) is 1.95. The van der Waals surface area contributed by atoms with Gasteiger partial charge in [-0.1, -0.05) is 37.6 Å². The molecule has 0 bridgehead atoms. The highest BCUT2D eigenvalue weighted by atomic mass is 16.2. The van der Waals surface area contributed by atoms with Gasteiger partial charge in [-0.25, -0.2) is 0 Å². The summed E-state index contributed by atoms with van der Waals surface area (Å²) >= 11 is 0. The summed E-state index contributed by atoms with van der Waals surface area (Å²) in [6.45, 7) is 2.61. The molecule has 0 saturated carbocycles. The standard InChI is InChI=1S/C15H22N2O2/c1-4-5-12-6-8-13(9-7-12)14(18)10-17(3)11-15(19)16-2/h6-9H,4-5,10-11H2,1-3H3,(H,16,19). The van der Waals surface area contributed by atoms with Crippen LogP contribution in [0.1, 0.15) is 29.3 Å². The van der Waals surface area contributed by atoms with Crippen LogP contribution in [0.4, 0.5) is 0 Å². The molecule has 1 amide bonds. The van der Waals surface area contributed by atoms with E-state index < -0.39 is 0 Å². The summed E-state index contributed by atoms with van der Waals surface area (Å²) in [5, 5.41) is 2.54. The first kappa shape index (κ1) is 15.4. The largest absolute Gasteiger partial charge is 0.358 e. The summed E-state index contributed by atoms with van der Waals surface area (Å²) in [6, 6.07) is 7.72. The Hall–Kier alpha value is -1.68. The fourth-order valence-corrected chi connectivity index (χ4v) is 1.86. The van der Waals surface area contributed by atoms with E-state index in [1.807, 2.05) is 24.3 Å². The zero-order valence-corrected chi connectivity index (χ0v) is 11.9. The van der Waals surface area contributed by atoms with Gasteiger partial charge in [-0.3, -0.25) is 14.5 Å². The van der Waals surface area contributed by atoms with Gasteiger partial charge in [0.25, 0.3) is 0 Å². The average Bonchev–Trinajstić information content (AvgIpc) is 2.39. The molecule has 1 aromatic carbocycles. The van der Waals surface area contributed by atoms with Crippen molar-refractivity contribution in [1.29, 1.82) is 0 Å². The van der Waals surface area contributed by atoms with Crippen LogP contribution in [-0.4, -0.2) is 43.8 Å². The third-order valence-electron chi connectivity index (χ3n) is 2.92. The highest BCUT2D eigenvalue weighted by Crippen LogP contribution is 2.07. The van der Waals surface area contributed by atoms with E-state index in [9.17, 15) is 9.59 Å². The van der Waals surface area contributed by atoms with Crippen LogP contribution >= 0.6 is 0 Å². The summed E-state index contributed by atoms with van der Waals surface area (Å²) in [5.74, 6) is -0.0527. The fraction of sp³-hybridized carbons (Fsp3) is 0.467. The Morgan fingerprint density at radius 1 is 1.16 bits per heavy atom. The van der Waals surface area contributed by atoms with Crippen LogP contribution in [0.2, 0.25) is 0 Å². The van der Waals surface area contributed by atoms with Gasteiger partial charge in [-0.15, -0.1) is 0 Å². The number of likely N-dealkylation sites (N-methyl/N-ethyl adjacent to an activating group) is 2. The Labute approximate surface area is 114 Å². The first-order chi connectivity index (χ1) is 9.06. The minimum absolute atomic E-state index is 0.0365. The Bertz CT molecular complexity index is 426. The molecule has 0 aromatic heterocycles. The molecule has 1 rings (SSSR count). The van der Waals surface area contributed by atoms with Gasteiger partial charge < -0.3 is 5.32 Å². The number of rotatable bonds is 7. The van der Waals surface area contributed by atoms with Crippen molar-refractivity contribution >= 4 is 11.7 Å². The summed E-state index contributed by atoms with van der Waals surface area (Å²) in [7, 11) is 3.35. The molecule has 0 aliphatic heterocycles. The maximum atomic E-state index is 12.0. The van der Waals surface area contributed by atoms with Gasteiger partial charge in [0.15, 0.2) is 5.78 Å². The number of Topliss-reactive ketones (excluding diaryl/α,β-unsaturated/α-hetero) is 1. The smallest absolute Gasteiger partial charge is 0.233 e. The van der Waals surface area contributed by atoms with Crippen LogP contribution in [0.3, 0.4) is 0 Å². The lowest BCUT2D eigenvalue weighted by molar-refractivity contribution is -0.121. The van der Waals surface area contributed by atoms with Gasteiger partial charge in [-0.05, 0) is 19.0 Å². The number of hydrogen-bond acceptors (Lipinski definition) is 3. The second-order valence-electron chi connectivity index (χ2n) is 4.72. The highest BCUT2D eigenvalue weighted by molar-refractivity contribution is 5.97. The second kappa shape index (κ2) is 7.69. The first-order valence-electron chi connectivity index (χ1n) is 6.58. The summed E-state index contributed by atoms with van der Waals surface area (Å²) < 4.78 is 0. The van der Waals surface area contributed by atoms with Crippen molar-refractivity contribution in [3.63, 3.8) is 0 Å². The van der Waals surface area contributed by atoms with Gasteiger partial charge in [0, 0.05) is 12.6 Å². The van der Waals surface area contributed by atoms with E-state index in [-0.39, 0.29) is 24.8 Å². The minimum atomic E-state index is -0.0893. The molecule has 4 heteroatoms. The van der Waals surface area contributed by atoms with Crippen LogP contribution in [0.25, 0.3) is 0 Å². The Morgan fingerprint density at radius 2 is 1.79 bits per heavy atom. The minimum Gasteiger partial charge on any atom is -0.358 e. The van der Waals surface area contributed by atoms with Gasteiger partial charge >= 0.3 is 0 Å². The number of hydrogen-bond donors (Lipinski definition) is 1. The molecule has 0 unspecified atom stereocenters. The Balaban J connectivity index is 2.55. The van der Waals surface area contributed by atoms with Gasteiger partial charge in [-0.2, -0.15) is 0 Å². The van der Waals surface area contributed by atoms with E-state index in [1.165, 1.54) is 5.56 Å². The number of carbonyl (C=O) groups excluding carboxylic acids is 2. The topological polar surface area (TPSA) is 49.4 Å². The maximum Gasteiger partial charge on any atom is 0.233 e. The summed E-state index contributed by atoms with van der Waals surface area (Å²) in [4.78, 5) is 24.9. The monoisotopic (exact) mass is 262 g/mol. The van der Waals surface area contributed by atoms with Crippen molar-refractivity contribution in [3.05, 3.63) is 35.4 Å². The molecule has 0 heterocycles. The lowest BCUT2D eigenvalue weighted by atomic mass is 10.1. The van der Waals surface area contributed by atoms with Gasteiger partial charge in [0.05, 0.1) is 13.1 Å². The molecule has 4 nitrogen and oxygen atoms in total. The molecule has 0 spiro atoms. The number of aryl methyl sites for hydroxylation is 1. The normalized spacial score (nSPS) is 10.5. The number of nitrogens with zero attached hydrogens (tertiary/aromatic N) is 1. The van der Waals surface area contributed by atoms with Crippen molar-refractivity contribution in [2.75, 3.05) is 27.2 Å². The van der Waals surface area contributed by atoms with E-state index >= 15 is 0 Å². The third kappa shape index (κ3) is 5.22. The molecular formula is C15H22N2O2. The van der Waals surface area contributed by atoms with E-state index in [4.69, 9.17) is 0 Å². The molecule has 0 saturated heterocycles. The van der Waals surface area contributed by atoms with Crippen LogP contribution in [0, 0.1) is 0 Å². The molecular weight excluding hydrogens is 240 g/mol. The number of carbonyl (C=O) groups is 2. The molecule has 19 heavy (non-hydrogen) atoms. The van der Waals surface area contributed by atoms with Crippen molar-refractivity contribution < 1.29 is 9.59 Å². The third-order valence-corrected chi connectivity index (χ3v) is 2.92. The quantitative estimate of drug-likeness (QED) is 0.758. The molecule has 0 aliphatic rings. The van der Waals surface area contributed by atoms with E-state index in [2.05, 4.69) is 12.2 Å². The Kier molecular flexibility index (Phi) is 6.22. The van der Waals surface area contributed by atoms with Crippen LogP contribution in [0.5, 0.6) is 0 Å². The van der Waals surface area contributed by atoms with Crippen LogP contribution in [-0.2, 0) is 11.2 Å². The number of ketones is 1. The molecule has 1 N–H and O–H groups in total. The van der Waals surface area contributed by atoms with Crippen LogP contribution in [0.15, 0.2) is 24.3 Å². The summed E-state index contributed by atoms with van der Waals surface area (Å²) in [6.07, 6.45) is 2.13. The SMILES string of the molecule is CCCc1ccc(C(=O)CN(C)CC(=O)NC)cc1. The molecule has 0 atom stereocenters. The molecule has 104 valence electrons. The lowest BCUT2D eigenvalue weighted by Crippen LogP contribution is -2.36. The van der Waals surface area contributed by atoms with E-state index in [0.717, 1.165) is 12.8 Å². The second-order valence-corrected chi connectivity index (χ2v) is 4.72. The number of nitrogens with one attached hydrogen (secondary N) is 1. The van der Waals surface area contributed by atoms with E-state index in [1.54, 1.807) is 19.0 Å². The first-order valence-corrected chi connectivity index (χ1v) is 6.58. The maximum absolute atomic E-state index is 12.0. The van der Waals surface area contributed by atoms with Gasteiger partial charge in [0.2, 0.25) is 5.91 Å². The predicted octanol–water partition coefficient (Wildman–Crippen LogP) is 1.50. The molecule has 0 radical (unpaired) electrons. The van der Waals surface area contributed by atoms with Crippen LogP contribution < -0.4 is 5.32 Å². The number of amides is 1. The highest BCUT2D eigenvalue weighted by Gasteiger charge is 2.11. The molecule has 0 aliphatic carbocycles. The molecule has 0 fully saturated rings. The number of benzene rings is 1. The molecule has 1 aromatic rings. The fourth-order valence-electron chi connectivity index (χ4n) is 1.86. The van der Waals surface area contributed by atoms with Gasteiger partial charge in [0.1, 0.15) is 0 Å². The zero-order valence-electron chi connectivity index (χ0n) is 11.9. The van der Waals surface area contributed by atoms with Crippen molar-refractivity contribution in [2.45, 2.75) is 19.8 Å². The van der Waals surface area contributed by atoms with Crippen molar-refractivity contribution in [2.24, 2.45) is 0 Å². The average molecular weight is 262 g/mol. The lowest BCUT2D eigenvalue weighted by Gasteiger charge is -2.14. The van der Waals surface area contributed by atoms with Crippen molar-refractivity contribution in [3.8, 4) is 0 Å². The van der Waals surface area contributed by atoms with E-state index in [0.29, 0.717) is 5.56 Å². The predicted molar refractivity (Wildman–Crippen MR) is 76.3 cm³/mol. The Morgan fingerprint density at radius 3 is 2.32 bits per heavy atom.